The van der Waals surface area contributed by atoms with Crippen LogP contribution in [0.4, 0.5) is 0 Å². The second-order valence-electron chi connectivity index (χ2n) is 3.37. The Kier molecular flexibility index (Phi) is 5.92. The van der Waals surface area contributed by atoms with Crippen molar-refractivity contribution in [2.24, 2.45) is 5.73 Å². The summed E-state index contributed by atoms with van der Waals surface area (Å²) in [6, 6.07) is -0.189. The summed E-state index contributed by atoms with van der Waals surface area (Å²) in [6.07, 6.45) is 1.91. The summed E-state index contributed by atoms with van der Waals surface area (Å²) in [5.74, 6) is 0. The highest BCUT2D eigenvalue weighted by Gasteiger charge is 2.25. The molecule has 0 bridgehead atoms. The Hall–Kier alpha value is 0.120. The molecule has 0 aliphatic carbocycles. The molecule has 7 heteroatoms. The summed E-state index contributed by atoms with van der Waals surface area (Å²) < 4.78 is 27.1. The predicted molar refractivity (Wildman–Crippen MR) is 58.6 cm³/mol. The standard InChI is InChI=1S/C7H17N3O2S.ClH/c1-7(6-8)9-13(11,12)10-4-2-3-5-10;/h7,9H,2-6,8H2,1H3;1H/t7-;/m1./s1. The maximum absolute atomic E-state index is 11.6. The van der Waals surface area contributed by atoms with Crippen LogP contribution >= 0.6 is 12.4 Å². The van der Waals surface area contributed by atoms with Crippen molar-refractivity contribution in [3.63, 3.8) is 0 Å². The summed E-state index contributed by atoms with van der Waals surface area (Å²) in [5.41, 5.74) is 5.33. The van der Waals surface area contributed by atoms with E-state index in [0.29, 0.717) is 19.6 Å². The molecule has 1 atom stereocenters. The lowest BCUT2D eigenvalue weighted by Gasteiger charge is -2.19. The van der Waals surface area contributed by atoms with Crippen LogP contribution in [0.25, 0.3) is 0 Å². The van der Waals surface area contributed by atoms with E-state index < -0.39 is 10.2 Å². The van der Waals surface area contributed by atoms with Crippen LogP contribution in [0.2, 0.25) is 0 Å². The third kappa shape index (κ3) is 3.70. The molecule has 86 valence electrons. The lowest BCUT2D eigenvalue weighted by atomic mass is 10.4. The average Bonchev–Trinajstić information content (AvgIpc) is 2.55. The molecule has 14 heavy (non-hydrogen) atoms. The van der Waals surface area contributed by atoms with Gasteiger partial charge in [0.1, 0.15) is 0 Å². The van der Waals surface area contributed by atoms with Gasteiger partial charge in [0.2, 0.25) is 0 Å². The Bertz CT molecular complexity index is 252. The fraction of sp³-hybridized carbons (Fsp3) is 1.00. The van der Waals surface area contributed by atoms with Gasteiger partial charge in [-0.3, -0.25) is 0 Å². The van der Waals surface area contributed by atoms with E-state index in [2.05, 4.69) is 4.72 Å². The first kappa shape index (κ1) is 14.1. The van der Waals surface area contributed by atoms with Gasteiger partial charge in [-0.05, 0) is 19.8 Å². The van der Waals surface area contributed by atoms with Gasteiger partial charge in [-0.1, -0.05) is 0 Å². The zero-order valence-corrected chi connectivity index (χ0v) is 9.90. The van der Waals surface area contributed by atoms with Crippen molar-refractivity contribution in [1.29, 1.82) is 0 Å². The molecule has 0 radical (unpaired) electrons. The van der Waals surface area contributed by atoms with Gasteiger partial charge in [-0.15, -0.1) is 12.4 Å². The van der Waals surface area contributed by atoms with E-state index in [1.165, 1.54) is 4.31 Å². The highest BCUT2D eigenvalue weighted by molar-refractivity contribution is 7.87. The number of rotatable bonds is 4. The molecule has 0 unspecified atom stereocenters. The maximum atomic E-state index is 11.6. The summed E-state index contributed by atoms with van der Waals surface area (Å²) in [6.45, 7) is 3.35. The Morgan fingerprint density at radius 1 is 1.43 bits per heavy atom. The molecule has 3 N–H and O–H groups in total. The Balaban J connectivity index is 0.00000169. The molecule has 0 amide bonds. The van der Waals surface area contributed by atoms with Gasteiger partial charge in [0.15, 0.2) is 0 Å². The van der Waals surface area contributed by atoms with Gasteiger partial charge in [-0.2, -0.15) is 17.4 Å². The van der Waals surface area contributed by atoms with Crippen molar-refractivity contribution in [2.45, 2.75) is 25.8 Å². The number of nitrogens with zero attached hydrogens (tertiary/aromatic N) is 1. The minimum Gasteiger partial charge on any atom is -0.329 e. The quantitative estimate of drug-likeness (QED) is 0.711. The van der Waals surface area contributed by atoms with Gasteiger partial charge < -0.3 is 5.73 Å². The maximum Gasteiger partial charge on any atom is 0.279 e. The minimum atomic E-state index is -3.27. The molecule has 1 heterocycles. The average molecular weight is 244 g/mol. The lowest BCUT2D eigenvalue weighted by Crippen LogP contribution is -2.45. The number of hydrogen-bond acceptors (Lipinski definition) is 3. The van der Waals surface area contributed by atoms with Crippen molar-refractivity contribution in [3.05, 3.63) is 0 Å². The molecule has 5 nitrogen and oxygen atoms in total. The molecule has 0 spiro atoms. The molecular formula is C7H18ClN3O2S. The van der Waals surface area contributed by atoms with E-state index in [9.17, 15) is 8.42 Å². The monoisotopic (exact) mass is 243 g/mol. The third-order valence-electron chi connectivity index (χ3n) is 2.11. The third-order valence-corrected chi connectivity index (χ3v) is 3.85. The zero-order chi connectivity index (χ0) is 9.90. The minimum absolute atomic E-state index is 0. The van der Waals surface area contributed by atoms with Crippen molar-refractivity contribution in [3.8, 4) is 0 Å². The van der Waals surface area contributed by atoms with Crippen LogP contribution in [-0.2, 0) is 10.2 Å². The van der Waals surface area contributed by atoms with E-state index in [4.69, 9.17) is 5.73 Å². The molecule has 1 saturated heterocycles. The fourth-order valence-corrected chi connectivity index (χ4v) is 2.80. The molecule has 1 aliphatic heterocycles. The van der Waals surface area contributed by atoms with E-state index >= 15 is 0 Å². The second kappa shape index (κ2) is 5.87. The topological polar surface area (TPSA) is 75.4 Å². The van der Waals surface area contributed by atoms with Gasteiger partial charge >= 0.3 is 0 Å². The van der Waals surface area contributed by atoms with Crippen LogP contribution in [0.5, 0.6) is 0 Å². The van der Waals surface area contributed by atoms with Crippen molar-refractivity contribution in [2.75, 3.05) is 19.6 Å². The van der Waals surface area contributed by atoms with E-state index in [0.717, 1.165) is 12.8 Å². The molecule has 1 aliphatic rings. The van der Waals surface area contributed by atoms with Crippen LogP contribution in [0.15, 0.2) is 0 Å². The second-order valence-corrected chi connectivity index (χ2v) is 5.07. The van der Waals surface area contributed by atoms with E-state index in [1.54, 1.807) is 6.92 Å². The molecule has 0 aromatic rings. The highest BCUT2D eigenvalue weighted by atomic mass is 35.5. The number of halogens is 1. The SMILES string of the molecule is C[C@H](CN)NS(=O)(=O)N1CCCC1.Cl. The van der Waals surface area contributed by atoms with Crippen LogP contribution in [0.1, 0.15) is 19.8 Å². The Labute approximate surface area is 91.6 Å². The largest absolute Gasteiger partial charge is 0.329 e. The Morgan fingerprint density at radius 2 is 1.93 bits per heavy atom. The van der Waals surface area contributed by atoms with Crippen molar-refractivity contribution >= 4 is 22.6 Å². The lowest BCUT2D eigenvalue weighted by molar-refractivity contribution is 0.456. The fourth-order valence-electron chi connectivity index (χ4n) is 1.31. The van der Waals surface area contributed by atoms with Crippen molar-refractivity contribution in [1.82, 2.24) is 9.03 Å². The number of nitrogens with two attached hydrogens (primary N) is 1. The van der Waals surface area contributed by atoms with Crippen LogP contribution in [0.3, 0.4) is 0 Å². The van der Waals surface area contributed by atoms with Gasteiger partial charge in [0, 0.05) is 25.7 Å². The van der Waals surface area contributed by atoms with Gasteiger partial charge in [0.05, 0.1) is 0 Å². The summed E-state index contributed by atoms with van der Waals surface area (Å²) in [7, 11) is -3.27. The predicted octanol–water partition coefficient (Wildman–Crippen LogP) is -0.314. The summed E-state index contributed by atoms with van der Waals surface area (Å²) >= 11 is 0. The van der Waals surface area contributed by atoms with Crippen LogP contribution < -0.4 is 10.5 Å². The number of hydrogen-bond donors (Lipinski definition) is 2. The highest BCUT2D eigenvalue weighted by Crippen LogP contribution is 2.11. The van der Waals surface area contributed by atoms with E-state index in [1.807, 2.05) is 0 Å². The van der Waals surface area contributed by atoms with Gasteiger partial charge in [0.25, 0.3) is 10.2 Å². The molecular weight excluding hydrogens is 226 g/mol. The summed E-state index contributed by atoms with van der Waals surface area (Å²) in [5, 5.41) is 0. The zero-order valence-electron chi connectivity index (χ0n) is 8.27. The first-order valence-corrected chi connectivity index (χ1v) is 5.98. The Morgan fingerprint density at radius 3 is 2.36 bits per heavy atom. The van der Waals surface area contributed by atoms with E-state index in [-0.39, 0.29) is 18.4 Å². The number of nitrogens with one attached hydrogen (secondary N) is 1. The molecule has 1 fully saturated rings. The van der Waals surface area contributed by atoms with Crippen LogP contribution in [-0.4, -0.2) is 38.4 Å². The first-order valence-electron chi connectivity index (χ1n) is 4.54. The normalized spacial score (nSPS) is 20.4. The first-order chi connectivity index (χ1) is 6.06. The van der Waals surface area contributed by atoms with Crippen LogP contribution in [0, 0.1) is 0 Å². The molecule has 0 aromatic heterocycles. The van der Waals surface area contributed by atoms with Crippen molar-refractivity contribution < 1.29 is 8.42 Å². The smallest absolute Gasteiger partial charge is 0.279 e. The molecule has 1 rings (SSSR count). The summed E-state index contributed by atoms with van der Waals surface area (Å²) in [4.78, 5) is 0. The molecule has 0 aromatic carbocycles. The van der Waals surface area contributed by atoms with Gasteiger partial charge in [-0.25, -0.2) is 0 Å². The molecule has 0 saturated carbocycles.